The van der Waals surface area contributed by atoms with Crippen molar-refractivity contribution >= 4 is 0 Å². The van der Waals surface area contributed by atoms with Crippen LogP contribution in [0.2, 0.25) is 0 Å². The molecule has 0 amide bonds. The van der Waals surface area contributed by atoms with Crippen molar-refractivity contribution in [2.24, 2.45) is 0 Å². The predicted octanol–water partition coefficient (Wildman–Crippen LogP) is 22.0. The molecule has 10 aromatic rings. The van der Waals surface area contributed by atoms with Gasteiger partial charge in [0.25, 0.3) is 0 Å². The van der Waals surface area contributed by atoms with E-state index in [9.17, 15) is 10.2 Å². The summed E-state index contributed by atoms with van der Waals surface area (Å²) >= 11 is 0. The second kappa shape index (κ2) is 21.7. The van der Waals surface area contributed by atoms with Crippen molar-refractivity contribution in [2.75, 3.05) is 0 Å². The van der Waals surface area contributed by atoms with Crippen molar-refractivity contribution in [2.45, 2.75) is 147 Å². The van der Waals surface area contributed by atoms with Crippen LogP contribution in [0.3, 0.4) is 0 Å². The van der Waals surface area contributed by atoms with E-state index < -0.39 is 10.8 Å². The zero-order valence-electron chi connectivity index (χ0n) is 51.3. The summed E-state index contributed by atoms with van der Waals surface area (Å²) in [5.41, 5.74) is 26.7. The number of unbranched alkanes of at least 4 members (excludes halogenated alkanes) is 6. The van der Waals surface area contributed by atoms with Gasteiger partial charge in [-0.1, -0.05) is 277 Å². The van der Waals surface area contributed by atoms with Crippen LogP contribution >= 0.6 is 0 Å². The van der Waals surface area contributed by atoms with Gasteiger partial charge in [-0.15, -0.1) is 0 Å². The molecule has 0 heterocycles. The molecule has 2 unspecified atom stereocenters. The molecule has 3 aliphatic rings. The Morgan fingerprint density at radius 3 is 0.918 bits per heavy atom. The lowest BCUT2D eigenvalue weighted by Crippen LogP contribution is -2.29. The van der Waals surface area contributed by atoms with E-state index in [1.807, 2.05) is 24.3 Å². The third-order valence-corrected chi connectivity index (χ3v) is 20.0. The summed E-state index contributed by atoms with van der Waals surface area (Å²) in [4.78, 5) is 0. The lowest BCUT2D eigenvalue weighted by atomic mass is 9.67. The van der Waals surface area contributed by atoms with Gasteiger partial charge in [-0.3, -0.25) is 0 Å². The van der Waals surface area contributed by atoms with E-state index in [4.69, 9.17) is 0 Å². The van der Waals surface area contributed by atoms with E-state index in [2.05, 4.69) is 250 Å². The zero-order valence-corrected chi connectivity index (χ0v) is 51.3. The quantitative estimate of drug-likeness (QED) is 0.0947. The summed E-state index contributed by atoms with van der Waals surface area (Å²) in [5.74, 6) is 0.537. The van der Waals surface area contributed by atoms with Gasteiger partial charge in [0.1, 0.15) is 11.5 Å². The topological polar surface area (TPSA) is 40.5 Å². The first-order valence-corrected chi connectivity index (χ1v) is 31.7. The largest absolute Gasteiger partial charge is 0.508 e. The van der Waals surface area contributed by atoms with Crippen LogP contribution in [-0.2, 0) is 27.1 Å². The fourth-order valence-corrected chi connectivity index (χ4v) is 15.6. The van der Waals surface area contributed by atoms with Gasteiger partial charge in [0, 0.05) is 5.41 Å². The molecule has 0 bridgehead atoms. The molecule has 13 rings (SSSR count). The monoisotopic (exact) mass is 1110 g/mol. The minimum Gasteiger partial charge on any atom is -0.508 e. The van der Waals surface area contributed by atoms with Crippen molar-refractivity contribution < 1.29 is 10.2 Å². The molecule has 0 radical (unpaired) electrons. The maximum atomic E-state index is 10.8. The summed E-state index contributed by atoms with van der Waals surface area (Å²) < 4.78 is 0. The van der Waals surface area contributed by atoms with Crippen LogP contribution in [0.1, 0.15) is 186 Å². The molecular formula is C83H82O2. The maximum absolute atomic E-state index is 10.8. The first-order valence-electron chi connectivity index (χ1n) is 31.7. The highest BCUT2D eigenvalue weighted by Gasteiger charge is 2.49. The van der Waals surface area contributed by atoms with Crippen molar-refractivity contribution in [3.63, 3.8) is 0 Å². The molecular weight excluding hydrogens is 1030 g/mol. The SMILES string of the molecule is CCCCCCC1(CCCCCC)c2cc(-c3ccc4c(c3)C(c3ccc(O)cc3)(c3ccc(C(C)(C)C)cc3)c3ccccc3-4)ccc2-c2ccc(-c3ccc4c(c3)C(c3ccc(O)cc3)(c3ccc(C(C)(C)C)cc3)c3ccccc3-4)cc21. The first-order chi connectivity index (χ1) is 41.1. The number of hydrogen-bond acceptors (Lipinski definition) is 2. The van der Waals surface area contributed by atoms with E-state index in [0.29, 0.717) is 0 Å². The maximum Gasteiger partial charge on any atom is 0.115 e. The van der Waals surface area contributed by atoms with Crippen LogP contribution in [0.15, 0.2) is 218 Å². The van der Waals surface area contributed by atoms with E-state index in [1.165, 1.54) is 163 Å². The predicted molar refractivity (Wildman–Crippen MR) is 356 cm³/mol. The average molecular weight is 1110 g/mol. The molecule has 0 fully saturated rings. The number of rotatable bonds is 16. The van der Waals surface area contributed by atoms with Crippen LogP contribution < -0.4 is 0 Å². The standard InChI is InChI=1S/C83H82O2/c1-9-11-13-19-49-81(50-20-14-12-10-2)75-51-55(57-27-47-71-67-21-15-17-23-73(67)82(77(71)53-57,63-37-41-65(84)42-38-63)61-33-29-59(30-34-61)79(3,4)5)25-45-69(75)70-46-26-56(52-76(70)81)58-28-48-72-68-22-16-18-24-74(68)83(78(72)54-58,64-39-43-66(85)44-40-64)62-35-31-60(32-36-62)80(6,7)8/h15-18,21-48,51-54,84-85H,9-14,19-20,49-50H2,1-8H3. The molecule has 426 valence electrons. The van der Waals surface area contributed by atoms with Crippen LogP contribution in [0.4, 0.5) is 0 Å². The highest BCUT2D eigenvalue weighted by molar-refractivity contribution is 5.92. The molecule has 2 nitrogen and oxygen atoms in total. The number of phenols is 2. The zero-order chi connectivity index (χ0) is 58.9. The van der Waals surface area contributed by atoms with Crippen LogP contribution in [0.5, 0.6) is 11.5 Å². The minimum atomic E-state index is -0.612. The van der Waals surface area contributed by atoms with Crippen molar-refractivity contribution in [1.82, 2.24) is 0 Å². The lowest BCUT2D eigenvalue weighted by molar-refractivity contribution is 0.401. The fourth-order valence-electron chi connectivity index (χ4n) is 15.6. The molecule has 85 heavy (non-hydrogen) atoms. The van der Waals surface area contributed by atoms with E-state index in [1.54, 1.807) is 0 Å². The molecule has 10 aromatic carbocycles. The Hall–Kier alpha value is -8.20. The van der Waals surface area contributed by atoms with E-state index in [-0.39, 0.29) is 27.7 Å². The Bertz CT molecular complexity index is 3840. The normalized spacial score (nSPS) is 17.0. The fraction of sp³-hybridized carbons (Fsp3) is 0.277. The molecule has 2 heteroatoms. The van der Waals surface area contributed by atoms with Crippen LogP contribution in [0, 0.1) is 0 Å². The van der Waals surface area contributed by atoms with Crippen molar-refractivity contribution in [1.29, 1.82) is 0 Å². The second-order valence-electron chi connectivity index (χ2n) is 27.1. The number of fused-ring (bicyclic) bond motifs is 9. The molecule has 3 aliphatic carbocycles. The molecule has 0 aromatic heterocycles. The Morgan fingerprint density at radius 1 is 0.294 bits per heavy atom. The second-order valence-corrected chi connectivity index (χ2v) is 27.1. The molecule has 0 spiro atoms. The number of hydrogen-bond donors (Lipinski definition) is 2. The van der Waals surface area contributed by atoms with Crippen LogP contribution in [-0.4, -0.2) is 10.2 Å². The number of phenolic OH excluding ortho intramolecular Hbond substituents is 2. The van der Waals surface area contributed by atoms with E-state index in [0.717, 1.165) is 24.0 Å². The minimum absolute atomic E-state index is 0.00992. The van der Waals surface area contributed by atoms with Gasteiger partial charge in [0.15, 0.2) is 0 Å². The van der Waals surface area contributed by atoms with Gasteiger partial charge in [-0.25, -0.2) is 0 Å². The Labute approximate surface area is 506 Å². The summed E-state index contributed by atoms with van der Waals surface area (Å²) in [5, 5.41) is 21.5. The first kappa shape index (κ1) is 56.0. The van der Waals surface area contributed by atoms with Crippen LogP contribution in [0.25, 0.3) is 55.6 Å². The summed E-state index contributed by atoms with van der Waals surface area (Å²) in [7, 11) is 0. The van der Waals surface area contributed by atoms with Crippen molar-refractivity contribution in [3.8, 4) is 67.1 Å². The Kier molecular flexibility index (Phi) is 14.3. The van der Waals surface area contributed by atoms with Gasteiger partial charge < -0.3 is 10.2 Å². The average Bonchev–Trinajstić information content (AvgIpc) is 2.47. The number of benzene rings is 10. The Morgan fingerprint density at radius 2 is 0.588 bits per heavy atom. The third-order valence-electron chi connectivity index (χ3n) is 20.0. The highest BCUT2D eigenvalue weighted by Crippen LogP contribution is 2.61. The summed E-state index contributed by atoms with van der Waals surface area (Å²) in [6, 6.07) is 82.2. The smallest absolute Gasteiger partial charge is 0.115 e. The van der Waals surface area contributed by atoms with E-state index >= 15 is 0 Å². The molecule has 0 aliphatic heterocycles. The molecule has 0 saturated heterocycles. The van der Waals surface area contributed by atoms with Gasteiger partial charge in [0.2, 0.25) is 0 Å². The van der Waals surface area contributed by atoms with Crippen molar-refractivity contribution in [3.05, 3.63) is 285 Å². The van der Waals surface area contributed by atoms with Gasteiger partial charge in [-0.2, -0.15) is 0 Å². The molecule has 0 saturated carbocycles. The third kappa shape index (κ3) is 9.20. The molecule has 2 N–H and O–H groups in total. The van der Waals surface area contributed by atoms with Gasteiger partial charge >= 0.3 is 0 Å². The van der Waals surface area contributed by atoms with Gasteiger partial charge in [0.05, 0.1) is 10.8 Å². The molecule has 2 atom stereocenters. The number of aromatic hydroxyl groups is 2. The summed E-state index contributed by atoms with van der Waals surface area (Å²) in [6.45, 7) is 18.4. The Balaban J connectivity index is 0.977. The lowest BCUT2D eigenvalue weighted by Gasteiger charge is -2.35. The van der Waals surface area contributed by atoms with Gasteiger partial charge in [-0.05, 0) is 195 Å². The highest BCUT2D eigenvalue weighted by atomic mass is 16.3. The summed E-state index contributed by atoms with van der Waals surface area (Å²) in [6.07, 6.45) is 11.9.